The molecule has 3 N–H and O–H groups in total. The molecule has 0 heterocycles. The summed E-state index contributed by atoms with van der Waals surface area (Å²) in [6.07, 6.45) is 3.94. The van der Waals surface area contributed by atoms with Crippen LogP contribution in [0.25, 0.3) is 0 Å². The van der Waals surface area contributed by atoms with Gasteiger partial charge in [0.2, 0.25) is 0 Å². The molecule has 0 aromatic heterocycles. The molecule has 0 spiro atoms. The van der Waals surface area contributed by atoms with Crippen molar-refractivity contribution >= 4 is 12.0 Å². The molecule has 0 bridgehead atoms. The fraction of sp³-hybridized carbons (Fsp3) is 0.600. The lowest BCUT2D eigenvalue weighted by molar-refractivity contribution is -0.139. The molecule has 1 aromatic carbocycles. The van der Waals surface area contributed by atoms with Crippen molar-refractivity contribution in [2.75, 3.05) is 13.1 Å². The first-order valence-electron chi connectivity index (χ1n) is 9.56. The minimum atomic E-state index is -0.800. The first kappa shape index (κ1) is 18.7. The Balaban J connectivity index is 1.50. The van der Waals surface area contributed by atoms with Gasteiger partial charge in [-0.2, -0.15) is 0 Å². The van der Waals surface area contributed by atoms with Crippen molar-refractivity contribution < 1.29 is 14.7 Å². The number of hydrogen-bond donors (Lipinski definition) is 3. The quantitative estimate of drug-likeness (QED) is 0.666. The van der Waals surface area contributed by atoms with E-state index >= 15 is 0 Å². The number of carbonyl (C=O) groups is 2. The molecular formula is C20H29N3O3. The third-order valence-electron chi connectivity index (χ3n) is 5.61. The third-order valence-corrected chi connectivity index (χ3v) is 5.61. The number of likely N-dealkylation sites (N-methyl/N-ethyl adjacent to an activating group) is 1. The van der Waals surface area contributed by atoms with E-state index in [-0.39, 0.29) is 30.7 Å². The van der Waals surface area contributed by atoms with Gasteiger partial charge in [0.05, 0.1) is 12.6 Å². The summed E-state index contributed by atoms with van der Waals surface area (Å²) in [6, 6.07) is 8.56. The summed E-state index contributed by atoms with van der Waals surface area (Å²) in [6.45, 7) is 4.84. The first-order valence-corrected chi connectivity index (χ1v) is 9.56. The zero-order valence-corrected chi connectivity index (χ0v) is 15.6. The molecule has 2 aliphatic carbocycles. The average Bonchev–Trinajstić information content (AvgIpc) is 3.39. The number of carbonyl (C=O) groups excluding carboxylic acids is 1. The summed E-state index contributed by atoms with van der Waals surface area (Å²) in [5.74, 6) is -0.270. The molecule has 3 rings (SSSR count). The fourth-order valence-corrected chi connectivity index (χ4v) is 3.86. The van der Waals surface area contributed by atoms with Gasteiger partial charge in [-0.1, -0.05) is 31.2 Å². The summed E-state index contributed by atoms with van der Waals surface area (Å²) < 4.78 is 0. The molecular weight excluding hydrogens is 330 g/mol. The van der Waals surface area contributed by atoms with Gasteiger partial charge in [-0.05, 0) is 56.2 Å². The third kappa shape index (κ3) is 4.55. The van der Waals surface area contributed by atoms with Crippen molar-refractivity contribution in [3.63, 3.8) is 0 Å². The Morgan fingerprint density at radius 1 is 1.27 bits per heavy atom. The standard InChI is InChI=1S/C20H29N3O3/c1-3-23(12-18(24)25)16-10-15(11-16)21-20(26)22-19(14-8-9-14)17-7-5-4-6-13(17)2/h4-7,14-16,19H,3,8-12H2,1-2H3,(H,24,25)(H2,21,22,26). The number of rotatable bonds is 8. The van der Waals surface area contributed by atoms with Crippen molar-refractivity contribution in [3.05, 3.63) is 35.4 Å². The van der Waals surface area contributed by atoms with Gasteiger partial charge in [0, 0.05) is 12.1 Å². The molecule has 1 aromatic rings. The number of amides is 2. The molecule has 2 aliphatic rings. The largest absolute Gasteiger partial charge is 0.480 e. The number of nitrogens with one attached hydrogen (secondary N) is 2. The molecule has 2 amide bonds. The Morgan fingerprint density at radius 2 is 1.96 bits per heavy atom. The van der Waals surface area contributed by atoms with Crippen LogP contribution in [0, 0.1) is 12.8 Å². The van der Waals surface area contributed by atoms with Crippen molar-refractivity contribution in [1.82, 2.24) is 15.5 Å². The number of nitrogens with zero attached hydrogens (tertiary/aromatic N) is 1. The van der Waals surface area contributed by atoms with Crippen LogP contribution in [-0.4, -0.2) is 47.2 Å². The summed E-state index contributed by atoms with van der Waals surface area (Å²) >= 11 is 0. The summed E-state index contributed by atoms with van der Waals surface area (Å²) in [4.78, 5) is 25.3. The molecule has 2 fully saturated rings. The van der Waals surface area contributed by atoms with E-state index in [1.807, 2.05) is 24.0 Å². The Morgan fingerprint density at radius 3 is 2.54 bits per heavy atom. The zero-order valence-electron chi connectivity index (χ0n) is 15.6. The highest BCUT2D eigenvalue weighted by Crippen LogP contribution is 2.41. The second kappa shape index (κ2) is 8.08. The molecule has 26 heavy (non-hydrogen) atoms. The van der Waals surface area contributed by atoms with E-state index in [0.29, 0.717) is 12.5 Å². The predicted octanol–water partition coefficient (Wildman–Crippen LogP) is 2.68. The number of benzene rings is 1. The molecule has 6 nitrogen and oxygen atoms in total. The molecule has 1 atom stereocenters. The molecule has 0 aliphatic heterocycles. The number of aliphatic carboxylic acids is 1. The fourth-order valence-electron chi connectivity index (χ4n) is 3.86. The highest BCUT2D eigenvalue weighted by atomic mass is 16.4. The summed E-state index contributed by atoms with van der Waals surface area (Å²) in [5, 5.41) is 15.2. The van der Waals surface area contributed by atoms with Crippen LogP contribution in [0.4, 0.5) is 4.79 Å². The van der Waals surface area contributed by atoms with Crippen LogP contribution in [0.5, 0.6) is 0 Å². The van der Waals surface area contributed by atoms with Crippen molar-refractivity contribution in [2.45, 2.75) is 57.7 Å². The lowest BCUT2D eigenvalue weighted by Gasteiger charge is -2.42. The van der Waals surface area contributed by atoms with Gasteiger partial charge < -0.3 is 15.7 Å². The highest BCUT2D eigenvalue weighted by molar-refractivity contribution is 5.75. The van der Waals surface area contributed by atoms with Crippen molar-refractivity contribution in [3.8, 4) is 0 Å². The highest BCUT2D eigenvalue weighted by Gasteiger charge is 2.37. The average molecular weight is 359 g/mol. The minimum absolute atomic E-state index is 0.0666. The van der Waals surface area contributed by atoms with E-state index in [2.05, 4.69) is 29.7 Å². The molecule has 1 unspecified atom stereocenters. The lowest BCUT2D eigenvalue weighted by atomic mass is 9.85. The van der Waals surface area contributed by atoms with Crippen LogP contribution in [0.1, 0.15) is 49.8 Å². The van der Waals surface area contributed by atoms with Crippen molar-refractivity contribution in [2.24, 2.45) is 5.92 Å². The number of hydrogen-bond acceptors (Lipinski definition) is 3. The first-order chi connectivity index (χ1) is 12.5. The minimum Gasteiger partial charge on any atom is -0.480 e. The van der Waals surface area contributed by atoms with Crippen LogP contribution in [0.15, 0.2) is 24.3 Å². The maximum Gasteiger partial charge on any atom is 0.317 e. The van der Waals surface area contributed by atoms with E-state index in [4.69, 9.17) is 5.11 Å². The molecule has 6 heteroatoms. The predicted molar refractivity (Wildman–Crippen MR) is 100 cm³/mol. The maximum atomic E-state index is 12.5. The van der Waals surface area contributed by atoms with Crippen LogP contribution in [0.2, 0.25) is 0 Å². The van der Waals surface area contributed by atoms with Gasteiger partial charge in [0.1, 0.15) is 0 Å². The van der Waals surface area contributed by atoms with Gasteiger partial charge in [0.25, 0.3) is 0 Å². The second-order valence-electron chi connectivity index (χ2n) is 7.57. The smallest absolute Gasteiger partial charge is 0.317 e. The number of aryl methyl sites for hydroxylation is 1. The Bertz CT molecular complexity index is 653. The van der Waals surface area contributed by atoms with E-state index in [1.165, 1.54) is 11.1 Å². The second-order valence-corrected chi connectivity index (χ2v) is 7.57. The van der Waals surface area contributed by atoms with Gasteiger partial charge in [-0.25, -0.2) is 4.79 Å². The van der Waals surface area contributed by atoms with Crippen LogP contribution < -0.4 is 10.6 Å². The SMILES string of the molecule is CCN(CC(=O)O)C1CC(NC(=O)NC(c2ccccc2C)C2CC2)C1. The maximum absolute atomic E-state index is 12.5. The topological polar surface area (TPSA) is 81.7 Å². The summed E-state index contributed by atoms with van der Waals surface area (Å²) in [5.41, 5.74) is 2.41. The summed E-state index contributed by atoms with van der Waals surface area (Å²) in [7, 11) is 0. The van der Waals surface area contributed by atoms with Gasteiger partial charge in [-0.15, -0.1) is 0 Å². The lowest BCUT2D eigenvalue weighted by Crippen LogP contribution is -2.56. The monoisotopic (exact) mass is 359 g/mol. The molecule has 2 saturated carbocycles. The van der Waals surface area contributed by atoms with Crippen LogP contribution in [-0.2, 0) is 4.79 Å². The van der Waals surface area contributed by atoms with E-state index in [1.54, 1.807) is 0 Å². The van der Waals surface area contributed by atoms with E-state index < -0.39 is 5.97 Å². The number of carboxylic acid groups (broad SMARTS) is 1. The van der Waals surface area contributed by atoms with E-state index in [0.717, 1.165) is 25.7 Å². The molecule has 0 radical (unpaired) electrons. The van der Waals surface area contributed by atoms with Gasteiger partial charge in [-0.3, -0.25) is 9.69 Å². The Hall–Kier alpha value is -2.08. The van der Waals surface area contributed by atoms with Crippen LogP contribution >= 0.6 is 0 Å². The zero-order chi connectivity index (χ0) is 18.7. The Labute approximate surface area is 155 Å². The normalized spacial score (nSPS) is 23.2. The van der Waals surface area contributed by atoms with Gasteiger partial charge >= 0.3 is 12.0 Å². The van der Waals surface area contributed by atoms with Gasteiger partial charge in [0.15, 0.2) is 0 Å². The van der Waals surface area contributed by atoms with Crippen LogP contribution in [0.3, 0.4) is 0 Å². The molecule has 0 saturated heterocycles. The Kier molecular flexibility index (Phi) is 5.81. The molecule has 142 valence electrons. The van der Waals surface area contributed by atoms with E-state index in [9.17, 15) is 9.59 Å². The number of carboxylic acids is 1. The van der Waals surface area contributed by atoms with Crippen molar-refractivity contribution in [1.29, 1.82) is 0 Å². The number of urea groups is 1.